The van der Waals surface area contributed by atoms with Gasteiger partial charge in [0, 0.05) is 37.6 Å². The van der Waals surface area contributed by atoms with Crippen molar-refractivity contribution >= 4 is 27.8 Å². The molecule has 1 aromatic carbocycles. The van der Waals surface area contributed by atoms with Crippen molar-refractivity contribution in [2.75, 3.05) is 18.0 Å². The highest BCUT2D eigenvalue weighted by Crippen LogP contribution is 2.57. The highest BCUT2D eigenvalue weighted by atomic mass is 16.5. The molecule has 1 saturated carbocycles. The van der Waals surface area contributed by atoms with E-state index in [1.807, 2.05) is 12.3 Å². The molecule has 4 aromatic heterocycles. The van der Waals surface area contributed by atoms with Gasteiger partial charge in [-0.1, -0.05) is 29.4 Å². The van der Waals surface area contributed by atoms with Crippen LogP contribution in [-0.4, -0.2) is 47.3 Å². The molecular formula is C23H20N8O2. The molecule has 0 unspecified atom stereocenters. The Hall–Kier alpha value is -4.08. The van der Waals surface area contributed by atoms with E-state index in [0.717, 1.165) is 30.1 Å². The van der Waals surface area contributed by atoms with Crippen LogP contribution >= 0.6 is 0 Å². The largest absolute Gasteiger partial charge is 0.356 e. The Morgan fingerprint density at radius 3 is 2.70 bits per heavy atom. The Bertz CT molecular complexity index is 1570. The van der Waals surface area contributed by atoms with Gasteiger partial charge in [-0.3, -0.25) is 9.36 Å². The SMILES string of the molecule is Cn1cnc2ncn(Cc3nc([C@H]4[C@@H]5CN(c6cc7ccccc7cn6)C[C@@H]54)no3)c(=O)c21. The third-order valence-corrected chi connectivity index (χ3v) is 6.92. The van der Waals surface area contributed by atoms with Gasteiger partial charge in [-0.05, 0) is 23.3 Å². The molecule has 164 valence electrons. The number of fused-ring (bicyclic) bond motifs is 3. The highest BCUT2D eigenvalue weighted by Gasteiger charge is 2.58. The number of imidazole rings is 1. The van der Waals surface area contributed by atoms with E-state index in [1.165, 1.54) is 16.3 Å². The molecule has 5 aromatic rings. The molecule has 2 aliphatic rings. The Labute approximate surface area is 187 Å². The van der Waals surface area contributed by atoms with Crippen molar-refractivity contribution < 1.29 is 4.52 Å². The van der Waals surface area contributed by atoms with Gasteiger partial charge in [-0.25, -0.2) is 15.0 Å². The summed E-state index contributed by atoms with van der Waals surface area (Å²) in [7, 11) is 1.77. The first-order chi connectivity index (χ1) is 16.2. The van der Waals surface area contributed by atoms with Crippen LogP contribution in [0.3, 0.4) is 0 Å². The minimum atomic E-state index is -0.179. The van der Waals surface area contributed by atoms with Crippen LogP contribution in [0.2, 0.25) is 0 Å². The summed E-state index contributed by atoms with van der Waals surface area (Å²) in [6.45, 7) is 2.06. The first kappa shape index (κ1) is 18.5. The third-order valence-electron chi connectivity index (χ3n) is 6.92. The average molecular weight is 440 g/mol. The number of pyridine rings is 1. The summed E-state index contributed by atoms with van der Waals surface area (Å²) in [4.78, 5) is 32.7. The fourth-order valence-electron chi connectivity index (χ4n) is 5.14. The van der Waals surface area contributed by atoms with E-state index in [2.05, 4.69) is 54.3 Å². The Kier molecular flexibility index (Phi) is 3.76. The number of anilines is 1. The number of aryl methyl sites for hydroxylation is 1. The van der Waals surface area contributed by atoms with Crippen molar-refractivity contribution in [2.24, 2.45) is 18.9 Å². The van der Waals surface area contributed by atoms with Crippen LogP contribution in [0, 0.1) is 11.8 Å². The molecule has 7 rings (SSSR count). The van der Waals surface area contributed by atoms with E-state index in [0.29, 0.717) is 34.8 Å². The van der Waals surface area contributed by atoms with Crippen molar-refractivity contribution in [3.05, 3.63) is 71.3 Å². The van der Waals surface area contributed by atoms with Gasteiger partial charge in [0.15, 0.2) is 17.0 Å². The fraction of sp³-hybridized carbons (Fsp3) is 0.304. The predicted molar refractivity (Wildman–Crippen MR) is 120 cm³/mol. The molecule has 33 heavy (non-hydrogen) atoms. The smallest absolute Gasteiger partial charge is 0.280 e. The Morgan fingerprint density at radius 2 is 1.85 bits per heavy atom. The maximum absolute atomic E-state index is 12.7. The third kappa shape index (κ3) is 2.86. The van der Waals surface area contributed by atoms with Crippen LogP contribution in [0.5, 0.6) is 0 Å². The highest BCUT2D eigenvalue weighted by molar-refractivity contribution is 5.84. The second-order valence-electron chi connectivity index (χ2n) is 8.90. The zero-order chi connectivity index (χ0) is 22.1. The lowest BCUT2D eigenvalue weighted by molar-refractivity contribution is 0.363. The number of piperidine rings is 1. The summed E-state index contributed by atoms with van der Waals surface area (Å²) < 4.78 is 8.62. The summed E-state index contributed by atoms with van der Waals surface area (Å²) >= 11 is 0. The van der Waals surface area contributed by atoms with Gasteiger partial charge in [-0.2, -0.15) is 4.98 Å². The van der Waals surface area contributed by atoms with Gasteiger partial charge in [0.25, 0.3) is 5.56 Å². The van der Waals surface area contributed by atoms with Gasteiger partial charge in [-0.15, -0.1) is 0 Å². The minimum absolute atomic E-state index is 0.179. The second kappa shape index (κ2) is 6.71. The Morgan fingerprint density at radius 1 is 1.06 bits per heavy atom. The van der Waals surface area contributed by atoms with Gasteiger partial charge in [0.1, 0.15) is 18.7 Å². The Balaban J connectivity index is 1.06. The van der Waals surface area contributed by atoms with E-state index >= 15 is 0 Å². The molecular weight excluding hydrogens is 420 g/mol. The van der Waals surface area contributed by atoms with Gasteiger partial charge in [0.05, 0.1) is 6.33 Å². The van der Waals surface area contributed by atoms with Crippen molar-refractivity contribution in [3.63, 3.8) is 0 Å². The van der Waals surface area contributed by atoms with Crippen LogP contribution in [0.15, 0.2) is 58.5 Å². The normalized spacial score (nSPS) is 21.7. The second-order valence-corrected chi connectivity index (χ2v) is 8.90. The lowest BCUT2D eigenvalue weighted by Gasteiger charge is -2.20. The lowest BCUT2D eigenvalue weighted by atomic mass is 10.1. The molecule has 0 bridgehead atoms. The molecule has 1 saturated heterocycles. The van der Waals surface area contributed by atoms with Crippen molar-refractivity contribution in [1.82, 2.24) is 34.2 Å². The fourth-order valence-corrected chi connectivity index (χ4v) is 5.14. The monoisotopic (exact) mass is 440 g/mol. The van der Waals surface area contributed by atoms with Crippen LogP contribution in [0.1, 0.15) is 17.6 Å². The number of aromatic nitrogens is 7. The predicted octanol–water partition coefficient (Wildman–Crippen LogP) is 1.96. The quantitative estimate of drug-likeness (QED) is 0.417. The molecule has 0 radical (unpaired) electrons. The van der Waals surface area contributed by atoms with Gasteiger partial charge >= 0.3 is 0 Å². The number of benzene rings is 1. The van der Waals surface area contributed by atoms with E-state index < -0.39 is 0 Å². The van der Waals surface area contributed by atoms with Crippen LogP contribution in [-0.2, 0) is 13.6 Å². The molecule has 10 heteroatoms. The number of nitrogens with zero attached hydrogens (tertiary/aromatic N) is 8. The minimum Gasteiger partial charge on any atom is -0.356 e. The maximum atomic E-state index is 12.7. The molecule has 10 nitrogen and oxygen atoms in total. The molecule has 1 aliphatic carbocycles. The van der Waals surface area contributed by atoms with E-state index in [1.54, 1.807) is 17.9 Å². The molecule has 3 atom stereocenters. The number of rotatable bonds is 4. The van der Waals surface area contributed by atoms with E-state index in [4.69, 9.17) is 4.52 Å². The van der Waals surface area contributed by atoms with Crippen LogP contribution < -0.4 is 10.5 Å². The van der Waals surface area contributed by atoms with Crippen molar-refractivity contribution in [3.8, 4) is 0 Å². The summed E-state index contributed by atoms with van der Waals surface area (Å²) in [5.74, 6) is 3.46. The van der Waals surface area contributed by atoms with Crippen molar-refractivity contribution in [2.45, 2.75) is 12.5 Å². The number of hydrogen-bond donors (Lipinski definition) is 0. The van der Waals surface area contributed by atoms with Crippen LogP contribution in [0.25, 0.3) is 21.9 Å². The summed E-state index contributed by atoms with van der Waals surface area (Å²) in [6.07, 6.45) is 5.00. The lowest BCUT2D eigenvalue weighted by Crippen LogP contribution is -2.24. The average Bonchev–Trinajstić information content (AvgIpc) is 3.24. The van der Waals surface area contributed by atoms with Crippen LogP contribution in [0.4, 0.5) is 5.82 Å². The van der Waals surface area contributed by atoms with Gasteiger partial charge < -0.3 is 14.0 Å². The standard InChI is InChI=1S/C23H20N8O2/c1-29-11-25-22-20(29)23(32)31(12-26-22)10-18-27-21(28-33-18)19-15-8-30(9-16(15)19)17-6-13-4-2-3-5-14(13)7-24-17/h2-7,11-12,15-16,19H,8-10H2,1H3/t15-,16+,19+. The zero-order valence-electron chi connectivity index (χ0n) is 17.9. The number of hydrogen-bond acceptors (Lipinski definition) is 8. The summed E-state index contributed by atoms with van der Waals surface area (Å²) in [6, 6.07) is 10.4. The molecule has 0 spiro atoms. The van der Waals surface area contributed by atoms with Crippen molar-refractivity contribution in [1.29, 1.82) is 0 Å². The molecule has 0 amide bonds. The summed E-state index contributed by atoms with van der Waals surface area (Å²) in [5.41, 5.74) is 0.708. The molecule has 2 fully saturated rings. The first-order valence-corrected chi connectivity index (χ1v) is 10.9. The topological polar surface area (TPSA) is 108 Å². The molecule has 0 N–H and O–H groups in total. The molecule has 1 aliphatic heterocycles. The summed E-state index contributed by atoms with van der Waals surface area (Å²) in [5, 5.41) is 6.58. The van der Waals surface area contributed by atoms with E-state index in [9.17, 15) is 4.79 Å². The maximum Gasteiger partial charge on any atom is 0.280 e. The zero-order valence-corrected chi connectivity index (χ0v) is 17.9. The van der Waals surface area contributed by atoms with Gasteiger partial charge in [0.2, 0.25) is 5.89 Å². The van der Waals surface area contributed by atoms with E-state index in [-0.39, 0.29) is 12.1 Å². The first-order valence-electron chi connectivity index (χ1n) is 10.9. The molecule has 5 heterocycles.